The van der Waals surface area contributed by atoms with Crippen LogP contribution in [-0.2, 0) is 4.79 Å². The van der Waals surface area contributed by atoms with E-state index in [1.54, 1.807) is 6.20 Å². The molecule has 1 aliphatic heterocycles. The minimum Gasteiger partial charge on any atom is -0.481 e. The highest BCUT2D eigenvalue weighted by Gasteiger charge is 2.36. The molecule has 25 heavy (non-hydrogen) atoms. The van der Waals surface area contributed by atoms with Crippen molar-refractivity contribution in [3.05, 3.63) is 72.1 Å². The van der Waals surface area contributed by atoms with E-state index in [4.69, 9.17) is 0 Å². The van der Waals surface area contributed by atoms with Gasteiger partial charge in [-0.15, -0.1) is 0 Å². The molecule has 3 atom stereocenters. The summed E-state index contributed by atoms with van der Waals surface area (Å²) >= 11 is 0. The van der Waals surface area contributed by atoms with Crippen molar-refractivity contribution in [3.63, 3.8) is 0 Å². The number of allylic oxidation sites excluding steroid dienone is 1. The van der Waals surface area contributed by atoms with E-state index in [-0.39, 0.29) is 17.8 Å². The number of rotatable bonds is 6. The van der Waals surface area contributed by atoms with Crippen LogP contribution in [0.4, 0.5) is 0 Å². The Morgan fingerprint density at radius 2 is 2.04 bits per heavy atom. The largest absolute Gasteiger partial charge is 0.481 e. The highest BCUT2D eigenvalue weighted by atomic mass is 16.4. The molecule has 1 saturated heterocycles. The molecular weight excluding hydrogens is 312 g/mol. The second-order valence-corrected chi connectivity index (χ2v) is 6.51. The molecule has 0 saturated carbocycles. The van der Waals surface area contributed by atoms with Gasteiger partial charge in [-0.3, -0.25) is 9.78 Å². The van der Waals surface area contributed by atoms with E-state index in [1.165, 1.54) is 5.56 Å². The predicted molar refractivity (Wildman–Crippen MR) is 99.2 cm³/mol. The Labute approximate surface area is 148 Å². The van der Waals surface area contributed by atoms with Gasteiger partial charge in [0.15, 0.2) is 0 Å². The maximum absolute atomic E-state index is 11.7. The number of hydrogen-bond donors (Lipinski definition) is 2. The molecule has 130 valence electrons. The Morgan fingerprint density at radius 1 is 1.24 bits per heavy atom. The molecule has 1 aliphatic rings. The molecule has 2 aromatic rings. The number of carboxylic acid groups (broad SMARTS) is 1. The molecule has 2 N–H and O–H groups in total. The molecular formula is C21H24N2O2. The van der Waals surface area contributed by atoms with Gasteiger partial charge >= 0.3 is 5.97 Å². The lowest BCUT2D eigenvalue weighted by Gasteiger charge is -2.35. The minimum atomic E-state index is -0.702. The monoisotopic (exact) mass is 336 g/mol. The van der Waals surface area contributed by atoms with Gasteiger partial charge in [0, 0.05) is 12.7 Å². The van der Waals surface area contributed by atoms with Crippen molar-refractivity contribution in [1.29, 1.82) is 0 Å². The van der Waals surface area contributed by atoms with E-state index < -0.39 is 5.97 Å². The maximum atomic E-state index is 11.7. The molecule has 0 amide bonds. The molecule has 3 unspecified atom stereocenters. The average Bonchev–Trinajstić information content (AvgIpc) is 2.67. The van der Waals surface area contributed by atoms with Gasteiger partial charge in [-0.2, -0.15) is 0 Å². The van der Waals surface area contributed by atoms with Gasteiger partial charge in [-0.1, -0.05) is 42.5 Å². The van der Waals surface area contributed by atoms with Crippen molar-refractivity contribution >= 4 is 12.0 Å². The SMILES string of the molecule is O=C(O)C1CNCCC1C(CC=Cc1ccccn1)c1ccccc1. The number of benzene rings is 1. The Hall–Kier alpha value is -2.46. The summed E-state index contributed by atoms with van der Waals surface area (Å²) in [5.41, 5.74) is 2.14. The number of pyridine rings is 1. The van der Waals surface area contributed by atoms with E-state index in [0.717, 1.165) is 25.1 Å². The van der Waals surface area contributed by atoms with Gasteiger partial charge in [0.1, 0.15) is 0 Å². The number of hydrogen-bond acceptors (Lipinski definition) is 3. The first kappa shape index (κ1) is 17.4. The Kier molecular flexibility index (Phi) is 5.96. The number of piperidine rings is 1. The summed E-state index contributed by atoms with van der Waals surface area (Å²) in [5, 5.41) is 12.9. The molecule has 0 spiro atoms. The van der Waals surface area contributed by atoms with Crippen LogP contribution in [-0.4, -0.2) is 29.1 Å². The lowest BCUT2D eigenvalue weighted by molar-refractivity contribution is -0.144. The summed E-state index contributed by atoms with van der Waals surface area (Å²) in [5.74, 6) is -0.715. The summed E-state index contributed by atoms with van der Waals surface area (Å²) < 4.78 is 0. The summed E-state index contributed by atoms with van der Waals surface area (Å²) in [6.07, 6.45) is 7.62. The van der Waals surface area contributed by atoms with Crippen LogP contribution < -0.4 is 5.32 Å². The summed E-state index contributed by atoms with van der Waals surface area (Å²) in [7, 11) is 0. The Balaban J connectivity index is 1.82. The first-order valence-electron chi connectivity index (χ1n) is 8.82. The number of nitrogens with zero attached hydrogens (tertiary/aromatic N) is 1. The number of carbonyl (C=O) groups is 1. The number of carboxylic acids is 1. The fourth-order valence-corrected chi connectivity index (χ4v) is 3.70. The van der Waals surface area contributed by atoms with Gasteiger partial charge in [0.25, 0.3) is 0 Å². The van der Waals surface area contributed by atoms with E-state index in [1.807, 2.05) is 42.5 Å². The molecule has 0 radical (unpaired) electrons. The fourth-order valence-electron chi connectivity index (χ4n) is 3.70. The first-order valence-corrected chi connectivity index (χ1v) is 8.82. The smallest absolute Gasteiger partial charge is 0.308 e. The standard InChI is InChI=1S/C21H24N2O2/c24-21(25)20-15-22-14-12-19(20)18(16-7-2-1-3-8-16)11-6-10-17-9-4-5-13-23-17/h1-10,13,18-20,22H,11-12,14-15H2,(H,24,25). The molecule has 3 rings (SSSR count). The molecule has 0 aliphatic carbocycles. The van der Waals surface area contributed by atoms with E-state index >= 15 is 0 Å². The van der Waals surface area contributed by atoms with E-state index in [9.17, 15) is 9.90 Å². The van der Waals surface area contributed by atoms with Crippen LogP contribution in [0, 0.1) is 11.8 Å². The van der Waals surface area contributed by atoms with Gasteiger partial charge in [0.2, 0.25) is 0 Å². The molecule has 2 heterocycles. The third-order valence-corrected chi connectivity index (χ3v) is 4.96. The predicted octanol–water partition coefficient (Wildman–Crippen LogP) is 3.58. The van der Waals surface area contributed by atoms with E-state index in [2.05, 4.69) is 28.5 Å². The second-order valence-electron chi connectivity index (χ2n) is 6.51. The lowest BCUT2D eigenvalue weighted by Crippen LogP contribution is -2.43. The van der Waals surface area contributed by atoms with Gasteiger partial charge in [0.05, 0.1) is 11.6 Å². The van der Waals surface area contributed by atoms with Crippen molar-refractivity contribution in [2.24, 2.45) is 11.8 Å². The number of aliphatic carboxylic acids is 1. The van der Waals surface area contributed by atoms with Crippen molar-refractivity contribution in [1.82, 2.24) is 10.3 Å². The summed E-state index contributed by atoms with van der Waals surface area (Å²) in [6.45, 7) is 1.43. The normalized spacial score (nSPS) is 21.9. The third kappa shape index (κ3) is 4.54. The van der Waals surface area contributed by atoms with Gasteiger partial charge in [-0.25, -0.2) is 0 Å². The van der Waals surface area contributed by atoms with Gasteiger partial charge < -0.3 is 10.4 Å². The Morgan fingerprint density at radius 3 is 2.76 bits per heavy atom. The van der Waals surface area contributed by atoms with Crippen LogP contribution in [0.5, 0.6) is 0 Å². The third-order valence-electron chi connectivity index (χ3n) is 4.96. The fraction of sp³-hybridized carbons (Fsp3) is 0.333. The zero-order valence-corrected chi connectivity index (χ0v) is 14.2. The highest BCUT2D eigenvalue weighted by Crippen LogP contribution is 2.37. The van der Waals surface area contributed by atoms with Crippen LogP contribution in [0.1, 0.15) is 30.0 Å². The summed E-state index contributed by atoms with van der Waals surface area (Å²) in [6, 6.07) is 16.1. The minimum absolute atomic E-state index is 0.134. The number of aromatic nitrogens is 1. The van der Waals surface area contributed by atoms with Crippen LogP contribution >= 0.6 is 0 Å². The zero-order chi connectivity index (χ0) is 17.5. The van der Waals surface area contributed by atoms with Crippen LogP contribution in [0.25, 0.3) is 6.08 Å². The highest BCUT2D eigenvalue weighted by molar-refractivity contribution is 5.71. The van der Waals surface area contributed by atoms with Crippen molar-refractivity contribution < 1.29 is 9.90 Å². The van der Waals surface area contributed by atoms with Crippen LogP contribution in [0.15, 0.2) is 60.8 Å². The molecule has 0 bridgehead atoms. The van der Waals surface area contributed by atoms with Gasteiger partial charge in [-0.05, 0) is 55.0 Å². The van der Waals surface area contributed by atoms with Crippen molar-refractivity contribution in [2.45, 2.75) is 18.8 Å². The molecule has 1 aromatic carbocycles. The average molecular weight is 336 g/mol. The molecule has 1 fully saturated rings. The molecule has 4 heteroatoms. The lowest BCUT2D eigenvalue weighted by atomic mass is 9.73. The van der Waals surface area contributed by atoms with Crippen molar-refractivity contribution in [3.8, 4) is 0 Å². The number of nitrogens with one attached hydrogen (secondary N) is 1. The van der Waals surface area contributed by atoms with Crippen molar-refractivity contribution in [2.75, 3.05) is 13.1 Å². The maximum Gasteiger partial charge on any atom is 0.308 e. The molecule has 1 aromatic heterocycles. The Bertz CT molecular complexity index is 700. The quantitative estimate of drug-likeness (QED) is 0.846. The summed E-state index contributed by atoms with van der Waals surface area (Å²) in [4.78, 5) is 16.0. The molecule has 4 nitrogen and oxygen atoms in total. The first-order chi connectivity index (χ1) is 12.3. The second kappa shape index (κ2) is 8.58. The van der Waals surface area contributed by atoms with E-state index in [0.29, 0.717) is 6.54 Å². The topological polar surface area (TPSA) is 62.2 Å². The van der Waals surface area contributed by atoms with Crippen LogP contribution in [0.2, 0.25) is 0 Å². The zero-order valence-electron chi connectivity index (χ0n) is 14.2. The van der Waals surface area contributed by atoms with Crippen LogP contribution in [0.3, 0.4) is 0 Å².